The van der Waals surface area contributed by atoms with Gasteiger partial charge in [0.15, 0.2) is 6.73 Å². The predicted octanol–water partition coefficient (Wildman–Crippen LogP) is 0.902. The number of aromatic nitrogens is 3. The van der Waals surface area contributed by atoms with Crippen molar-refractivity contribution >= 4 is 5.97 Å². The van der Waals surface area contributed by atoms with E-state index in [-0.39, 0.29) is 12.7 Å². The second-order valence-electron chi connectivity index (χ2n) is 5.68. The van der Waals surface area contributed by atoms with Gasteiger partial charge in [0, 0.05) is 12.5 Å². The van der Waals surface area contributed by atoms with Crippen LogP contribution in [0.25, 0.3) is 0 Å². The van der Waals surface area contributed by atoms with Gasteiger partial charge >= 0.3 is 5.97 Å². The van der Waals surface area contributed by atoms with Crippen molar-refractivity contribution in [2.24, 2.45) is 5.41 Å². The lowest BCUT2D eigenvalue weighted by molar-refractivity contribution is -0.157. The first-order chi connectivity index (χ1) is 8.47. The van der Waals surface area contributed by atoms with E-state index in [9.17, 15) is 4.79 Å². The summed E-state index contributed by atoms with van der Waals surface area (Å²) in [6.45, 7) is 7.57. The molecule has 1 aromatic rings. The quantitative estimate of drug-likeness (QED) is 0.809. The highest BCUT2D eigenvalue weighted by atomic mass is 16.5. The molecule has 0 radical (unpaired) electrons. The number of hydrogen-bond donors (Lipinski definition) is 1. The molecule has 18 heavy (non-hydrogen) atoms. The van der Waals surface area contributed by atoms with Crippen molar-refractivity contribution in [3.05, 3.63) is 11.9 Å². The Morgan fingerprint density at radius 1 is 1.61 bits per heavy atom. The van der Waals surface area contributed by atoms with Crippen molar-refractivity contribution in [1.82, 2.24) is 20.3 Å². The Hall–Kier alpha value is -1.43. The fraction of sp³-hybridized carbons (Fsp3) is 0.750. The van der Waals surface area contributed by atoms with Crippen LogP contribution < -0.4 is 5.32 Å². The molecule has 1 saturated heterocycles. The molecule has 1 atom stereocenters. The number of rotatable bonds is 3. The van der Waals surface area contributed by atoms with Crippen LogP contribution in [0.1, 0.15) is 38.8 Å². The first kappa shape index (κ1) is 13.0. The van der Waals surface area contributed by atoms with Crippen molar-refractivity contribution in [1.29, 1.82) is 0 Å². The molecule has 0 bridgehead atoms. The summed E-state index contributed by atoms with van der Waals surface area (Å²) in [6, 6.07) is 0. The number of hydrogen-bond acceptors (Lipinski definition) is 5. The van der Waals surface area contributed by atoms with Crippen LogP contribution in [0.2, 0.25) is 0 Å². The molecule has 1 aromatic heterocycles. The third kappa shape index (κ3) is 3.07. The highest BCUT2D eigenvalue weighted by molar-refractivity contribution is 5.75. The van der Waals surface area contributed by atoms with Crippen molar-refractivity contribution in [2.45, 2.75) is 39.8 Å². The molecule has 2 heterocycles. The molecular formula is C12H20N4O2. The Morgan fingerprint density at radius 2 is 2.39 bits per heavy atom. The van der Waals surface area contributed by atoms with E-state index < -0.39 is 5.41 Å². The lowest BCUT2D eigenvalue weighted by atomic mass is 9.98. The van der Waals surface area contributed by atoms with E-state index in [4.69, 9.17) is 4.74 Å². The molecule has 1 aliphatic rings. The van der Waals surface area contributed by atoms with Crippen LogP contribution in [0.15, 0.2) is 6.20 Å². The number of carbonyl (C=O) groups is 1. The van der Waals surface area contributed by atoms with E-state index in [1.807, 2.05) is 27.0 Å². The summed E-state index contributed by atoms with van der Waals surface area (Å²) in [5.74, 6) is 0.194. The van der Waals surface area contributed by atoms with Crippen LogP contribution in [-0.4, -0.2) is 34.1 Å². The Kier molecular flexibility index (Phi) is 3.65. The highest BCUT2D eigenvalue weighted by Gasteiger charge is 2.24. The molecule has 1 N–H and O–H groups in total. The number of esters is 1. The van der Waals surface area contributed by atoms with E-state index >= 15 is 0 Å². The number of carbonyl (C=O) groups excluding carboxylic acids is 1. The Morgan fingerprint density at radius 3 is 3.00 bits per heavy atom. The minimum atomic E-state index is -0.487. The molecule has 2 rings (SSSR count). The highest BCUT2D eigenvalue weighted by Crippen LogP contribution is 2.19. The van der Waals surface area contributed by atoms with Gasteiger partial charge in [-0.2, -0.15) is 0 Å². The molecule has 0 aromatic carbocycles. The summed E-state index contributed by atoms with van der Waals surface area (Å²) in [6.07, 6.45) is 2.94. The van der Waals surface area contributed by atoms with Gasteiger partial charge in [-0.1, -0.05) is 5.21 Å². The average molecular weight is 252 g/mol. The van der Waals surface area contributed by atoms with Crippen LogP contribution in [-0.2, 0) is 16.3 Å². The molecule has 0 amide bonds. The lowest BCUT2D eigenvalue weighted by Gasteiger charge is -2.16. The predicted molar refractivity (Wildman–Crippen MR) is 65.8 cm³/mol. The average Bonchev–Trinajstić information content (AvgIpc) is 2.94. The third-order valence-electron chi connectivity index (χ3n) is 2.98. The van der Waals surface area contributed by atoms with E-state index in [1.165, 1.54) is 0 Å². The fourth-order valence-electron chi connectivity index (χ4n) is 1.81. The van der Waals surface area contributed by atoms with Crippen LogP contribution in [0, 0.1) is 5.41 Å². The molecule has 0 aliphatic carbocycles. The number of nitrogens with zero attached hydrogens (tertiary/aromatic N) is 3. The third-order valence-corrected chi connectivity index (χ3v) is 2.98. The van der Waals surface area contributed by atoms with Gasteiger partial charge in [-0.05, 0) is 33.7 Å². The van der Waals surface area contributed by atoms with Gasteiger partial charge in [-0.3, -0.25) is 4.79 Å². The molecule has 100 valence electrons. The topological polar surface area (TPSA) is 69.0 Å². The first-order valence-electron chi connectivity index (χ1n) is 6.25. The summed E-state index contributed by atoms with van der Waals surface area (Å²) in [5, 5.41) is 11.4. The second-order valence-corrected chi connectivity index (χ2v) is 5.68. The van der Waals surface area contributed by atoms with Crippen molar-refractivity contribution < 1.29 is 9.53 Å². The van der Waals surface area contributed by atoms with Crippen LogP contribution in [0.5, 0.6) is 0 Å². The Balaban J connectivity index is 1.89. The van der Waals surface area contributed by atoms with Gasteiger partial charge in [0.25, 0.3) is 0 Å². The molecular weight excluding hydrogens is 232 g/mol. The van der Waals surface area contributed by atoms with E-state index in [2.05, 4.69) is 15.6 Å². The summed E-state index contributed by atoms with van der Waals surface area (Å²) in [4.78, 5) is 11.6. The lowest BCUT2D eigenvalue weighted by Crippen LogP contribution is -2.24. The molecule has 1 unspecified atom stereocenters. The number of ether oxygens (including phenoxy) is 1. The van der Waals surface area contributed by atoms with Crippen LogP contribution in [0.4, 0.5) is 0 Å². The number of nitrogens with one attached hydrogen (secondary N) is 1. The molecule has 1 fully saturated rings. The second kappa shape index (κ2) is 5.06. The summed E-state index contributed by atoms with van der Waals surface area (Å²) in [7, 11) is 0. The fourth-order valence-corrected chi connectivity index (χ4v) is 1.81. The monoisotopic (exact) mass is 252 g/mol. The zero-order chi connectivity index (χ0) is 13.2. The molecule has 6 heteroatoms. The van der Waals surface area contributed by atoms with E-state index in [0.717, 1.165) is 25.2 Å². The van der Waals surface area contributed by atoms with Crippen molar-refractivity contribution in [2.75, 3.05) is 13.1 Å². The van der Waals surface area contributed by atoms with Gasteiger partial charge in [0.1, 0.15) is 0 Å². The first-order valence-corrected chi connectivity index (χ1v) is 6.25. The Labute approximate surface area is 107 Å². The van der Waals surface area contributed by atoms with Crippen molar-refractivity contribution in [3.63, 3.8) is 0 Å². The standard InChI is InChI=1S/C12H20N4O2/c1-12(2,3)11(17)18-8-16-7-10(14-15-16)9-4-5-13-6-9/h7,9,13H,4-6,8H2,1-3H3. The van der Waals surface area contributed by atoms with Crippen molar-refractivity contribution in [3.8, 4) is 0 Å². The maximum Gasteiger partial charge on any atom is 0.313 e. The SMILES string of the molecule is CC(C)(C)C(=O)OCn1cc(C2CCNC2)nn1. The largest absolute Gasteiger partial charge is 0.442 e. The Bertz CT molecular complexity index is 416. The molecule has 0 saturated carbocycles. The summed E-state index contributed by atoms with van der Waals surface area (Å²) < 4.78 is 6.74. The summed E-state index contributed by atoms with van der Waals surface area (Å²) in [5.41, 5.74) is 0.477. The normalized spacial score (nSPS) is 20.1. The van der Waals surface area contributed by atoms with Gasteiger partial charge in [0.2, 0.25) is 0 Å². The minimum absolute atomic E-state index is 0.128. The zero-order valence-electron chi connectivity index (χ0n) is 11.1. The van der Waals surface area contributed by atoms with Crippen LogP contribution >= 0.6 is 0 Å². The van der Waals surface area contributed by atoms with Gasteiger partial charge < -0.3 is 10.1 Å². The van der Waals surface area contributed by atoms with Gasteiger partial charge in [-0.25, -0.2) is 4.68 Å². The molecule has 1 aliphatic heterocycles. The smallest absolute Gasteiger partial charge is 0.313 e. The molecule has 0 spiro atoms. The summed E-state index contributed by atoms with van der Waals surface area (Å²) >= 11 is 0. The maximum absolute atomic E-state index is 11.6. The maximum atomic E-state index is 11.6. The van der Waals surface area contributed by atoms with E-state index in [0.29, 0.717) is 5.92 Å². The molecule has 6 nitrogen and oxygen atoms in total. The zero-order valence-corrected chi connectivity index (χ0v) is 11.1. The van der Waals surface area contributed by atoms with Crippen LogP contribution in [0.3, 0.4) is 0 Å². The van der Waals surface area contributed by atoms with Gasteiger partial charge in [-0.15, -0.1) is 5.10 Å². The van der Waals surface area contributed by atoms with E-state index in [1.54, 1.807) is 4.68 Å². The minimum Gasteiger partial charge on any atom is -0.442 e. The van der Waals surface area contributed by atoms with Gasteiger partial charge in [0.05, 0.1) is 17.3 Å².